The molecule has 2 fully saturated rings. The second-order valence-corrected chi connectivity index (χ2v) is 6.02. The Hall–Kier alpha value is -1.07. The first kappa shape index (κ1) is 12.9. The van der Waals surface area contributed by atoms with E-state index in [-0.39, 0.29) is 6.03 Å². The highest BCUT2D eigenvalue weighted by atomic mass is 79.9. The number of benzene rings is 1. The molecule has 1 aromatic rings. The molecule has 1 unspecified atom stereocenters. The maximum Gasteiger partial charge on any atom is 0.324 e. The van der Waals surface area contributed by atoms with Gasteiger partial charge in [-0.1, -0.05) is 22.0 Å². The highest BCUT2D eigenvalue weighted by molar-refractivity contribution is 9.10. The van der Waals surface area contributed by atoms with Gasteiger partial charge in [0.05, 0.1) is 0 Å². The van der Waals surface area contributed by atoms with E-state index in [2.05, 4.69) is 21.2 Å². The fourth-order valence-corrected chi connectivity index (χ4v) is 3.26. The molecule has 2 saturated heterocycles. The quantitative estimate of drug-likeness (QED) is 0.907. The average molecular weight is 324 g/mol. The Balaban J connectivity index is 1.74. The minimum atomic E-state index is 0.145. The minimum Gasteiger partial charge on any atom is -0.318 e. The van der Waals surface area contributed by atoms with E-state index in [0.717, 1.165) is 49.2 Å². The molecular formula is C14H18BrN3O. The third-order valence-electron chi connectivity index (χ3n) is 3.87. The number of urea groups is 1. The molecule has 0 radical (unpaired) electrons. The van der Waals surface area contributed by atoms with Gasteiger partial charge < -0.3 is 10.2 Å². The standard InChI is InChI=1S/C14H18BrN3O/c15-11-3-1-4-12(9-11)17-7-8-18(14(17)19)13-5-2-6-16-10-13/h1,3-4,9,13,16H,2,5-8,10H2. The van der Waals surface area contributed by atoms with Gasteiger partial charge in [-0.05, 0) is 37.6 Å². The van der Waals surface area contributed by atoms with Crippen LogP contribution in [0.5, 0.6) is 0 Å². The molecule has 0 aliphatic carbocycles. The van der Waals surface area contributed by atoms with Crippen LogP contribution in [0.25, 0.3) is 0 Å². The number of carbonyl (C=O) groups is 1. The fourth-order valence-electron chi connectivity index (χ4n) is 2.88. The topological polar surface area (TPSA) is 35.6 Å². The van der Waals surface area contributed by atoms with Gasteiger partial charge in [-0.25, -0.2) is 4.79 Å². The lowest BCUT2D eigenvalue weighted by molar-refractivity contribution is 0.187. The Kier molecular flexibility index (Phi) is 3.75. The van der Waals surface area contributed by atoms with Gasteiger partial charge in [0.25, 0.3) is 0 Å². The lowest BCUT2D eigenvalue weighted by Gasteiger charge is -2.31. The van der Waals surface area contributed by atoms with E-state index in [0.29, 0.717) is 6.04 Å². The zero-order chi connectivity index (χ0) is 13.2. The molecule has 0 aromatic heterocycles. The predicted octanol–water partition coefficient (Wildman–Crippen LogP) is 2.44. The van der Waals surface area contributed by atoms with Gasteiger partial charge in [-0.15, -0.1) is 0 Å². The van der Waals surface area contributed by atoms with Crippen molar-refractivity contribution in [3.05, 3.63) is 28.7 Å². The van der Waals surface area contributed by atoms with Crippen molar-refractivity contribution in [2.45, 2.75) is 18.9 Å². The molecular weight excluding hydrogens is 306 g/mol. The molecule has 19 heavy (non-hydrogen) atoms. The first-order valence-electron chi connectivity index (χ1n) is 6.80. The summed E-state index contributed by atoms with van der Waals surface area (Å²) in [4.78, 5) is 16.4. The SMILES string of the molecule is O=C1N(c2cccc(Br)c2)CCN1C1CCCNC1. The van der Waals surface area contributed by atoms with E-state index in [9.17, 15) is 4.79 Å². The zero-order valence-corrected chi connectivity index (χ0v) is 12.4. The molecule has 2 aliphatic rings. The van der Waals surface area contributed by atoms with E-state index in [1.165, 1.54) is 0 Å². The third kappa shape index (κ3) is 2.62. The van der Waals surface area contributed by atoms with Crippen LogP contribution in [0.4, 0.5) is 10.5 Å². The van der Waals surface area contributed by atoms with Gasteiger partial charge in [0.2, 0.25) is 0 Å². The Morgan fingerprint density at radius 3 is 2.95 bits per heavy atom. The molecule has 1 aromatic carbocycles. The number of carbonyl (C=O) groups excluding carboxylic acids is 1. The highest BCUT2D eigenvalue weighted by Gasteiger charge is 2.34. The summed E-state index contributed by atoms with van der Waals surface area (Å²) < 4.78 is 1.01. The predicted molar refractivity (Wildman–Crippen MR) is 79.5 cm³/mol. The van der Waals surface area contributed by atoms with Crippen LogP contribution in [0.1, 0.15) is 12.8 Å². The molecule has 2 aliphatic heterocycles. The van der Waals surface area contributed by atoms with Crippen molar-refractivity contribution >= 4 is 27.6 Å². The summed E-state index contributed by atoms with van der Waals surface area (Å²) in [7, 11) is 0. The molecule has 5 heteroatoms. The molecule has 102 valence electrons. The second kappa shape index (κ2) is 5.51. The van der Waals surface area contributed by atoms with Crippen LogP contribution in [-0.2, 0) is 0 Å². The summed E-state index contributed by atoms with van der Waals surface area (Å²) in [6.07, 6.45) is 2.27. The van der Waals surface area contributed by atoms with Crippen LogP contribution < -0.4 is 10.2 Å². The van der Waals surface area contributed by atoms with Gasteiger partial charge >= 0.3 is 6.03 Å². The van der Waals surface area contributed by atoms with Gasteiger partial charge in [0, 0.05) is 35.8 Å². The maximum absolute atomic E-state index is 12.5. The average Bonchev–Trinajstić information content (AvgIpc) is 2.81. The summed E-state index contributed by atoms with van der Waals surface area (Å²) >= 11 is 3.46. The summed E-state index contributed by atoms with van der Waals surface area (Å²) in [6, 6.07) is 8.45. The van der Waals surface area contributed by atoms with Crippen molar-refractivity contribution in [3.8, 4) is 0 Å². The number of hydrogen-bond donors (Lipinski definition) is 1. The highest BCUT2D eigenvalue weighted by Crippen LogP contribution is 2.25. The number of rotatable bonds is 2. The van der Waals surface area contributed by atoms with Crippen LogP contribution in [0, 0.1) is 0 Å². The van der Waals surface area contributed by atoms with Crippen molar-refractivity contribution < 1.29 is 4.79 Å². The normalized spacial score (nSPS) is 24.1. The summed E-state index contributed by atoms with van der Waals surface area (Å²) in [5, 5.41) is 3.38. The molecule has 3 rings (SSSR count). The smallest absolute Gasteiger partial charge is 0.318 e. The van der Waals surface area contributed by atoms with Crippen LogP contribution in [-0.4, -0.2) is 43.2 Å². The summed E-state index contributed by atoms with van der Waals surface area (Å²) in [5.74, 6) is 0. The first-order chi connectivity index (χ1) is 9.25. The van der Waals surface area contributed by atoms with Gasteiger partial charge in [0.15, 0.2) is 0 Å². The number of hydrogen-bond acceptors (Lipinski definition) is 2. The molecule has 2 heterocycles. The number of piperidine rings is 1. The molecule has 2 amide bonds. The van der Waals surface area contributed by atoms with Crippen LogP contribution in [0.3, 0.4) is 0 Å². The molecule has 0 saturated carbocycles. The first-order valence-corrected chi connectivity index (χ1v) is 7.59. The Morgan fingerprint density at radius 2 is 2.21 bits per heavy atom. The van der Waals surface area contributed by atoms with Crippen LogP contribution in [0.2, 0.25) is 0 Å². The lowest BCUT2D eigenvalue weighted by atomic mass is 10.1. The molecule has 0 spiro atoms. The number of nitrogens with zero attached hydrogens (tertiary/aromatic N) is 2. The maximum atomic E-state index is 12.5. The molecule has 1 N–H and O–H groups in total. The van der Waals surface area contributed by atoms with E-state index < -0.39 is 0 Å². The van der Waals surface area contributed by atoms with E-state index in [4.69, 9.17) is 0 Å². The molecule has 4 nitrogen and oxygen atoms in total. The van der Waals surface area contributed by atoms with Crippen molar-refractivity contribution in [2.75, 3.05) is 31.1 Å². The van der Waals surface area contributed by atoms with Gasteiger partial charge in [-0.2, -0.15) is 0 Å². The third-order valence-corrected chi connectivity index (χ3v) is 4.37. The van der Waals surface area contributed by atoms with Gasteiger partial charge in [0.1, 0.15) is 0 Å². The Labute approximate surface area is 121 Å². The number of anilines is 1. The monoisotopic (exact) mass is 323 g/mol. The van der Waals surface area contributed by atoms with Crippen molar-refractivity contribution in [1.82, 2.24) is 10.2 Å². The largest absolute Gasteiger partial charge is 0.324 e. The molecule has 1 atom stereocenters. The summed E-state index contributed by atoms with van der Waals surface area (Å²) in [6.45, 7) is 3.62. The van der Waals surface area contributed by atoms with Crippen molar-refractivity contribution in [3.63, 3.8) is 0 Å². The number of nitrogens with one attached hydrogen (secondary N) is 1. The molecule has 0 bridgehead atoms. The second-order valence-electron chi connectivity index (χ2n) is 5.11. The van der Waals surface area contributed by atoms with Crippen LogP contribution in [0.15, 0.2) is 28.7 Å². The van der Waals surface area contributed by atoms with E-state index >= 15 is 0 Å². The Bertz CT molecular complexity index is 474. The summed E-state index contributed by atoms with van der Waals surface area (Å²) in [5.41, 5.74) is 0.977. The number of halogens is 1. The zero-order valence-electron chi connectivity index (χ0n) is 10.8. The number of amides is 2. The van der Waals surface area contributed by atoms with E-state index in [1.807, 2.05) is 34.1 Å². The van der Waals surface area contributed by atoms with Crippen molar-refractivity contribution in [1.29, 1.82) is 0 Å². The Morgan fingerprint density at radius 1 is 1.32 bits per heavy atom. The minimum absolute atomic E-state index is 0.145. The lowest BCUT2D eigenvalue weighted by Crippen LogP contribution is -2.47. The fraction of sp³-hybridized carbons (Fsp3) is 0.500. The van der Waals surface area contributed by atoms with Gasteiger partial charge in [-0.3, -0.25) is 4.90 Å². The van der Waals surface area contributed by atoms with Crippen molar-refractivity contribution in [2.24, 2.45) is 0 Å². The van der Waals surface area contributed by atoms with Crippen LogP contribution >= 0.6 is 15.9 Å². The van der Waals surface area contributed by atoms with E-state index in [1.54, 1.807) is 0 Å².